The minimum Gasteiger partial charge on any atom is -0.456 e. The quantitative estimate of drug-likeness (QED) is 0.520. The van der Waals surface area contributed by atoms with Gasteiger partial charge in [0.05, 0.1) is 16.4 Å². The number of rotatable bonds is 5. The number of H-pyrrole nitrogens is 1. The van der Waals surface area contributed by atoms with Gasteiger partial charge in [-0.2, -0.15) is 0 Å². The van der Waals surface area contributed by atoms with Crippen molar-refractivity contribution in [2.45, 2.75) is 25.4 Å². The van der Waals surface area contributed by atoms with Crippen molar-refractivity contribution in [2.24, 2.45) is 0 Å². The van der Waals surface area contributed by atoms with Crippen molar-refractivity contribution < 1.29 is 23.9 Å². The number of carbonyl (C=O) groups excluding carboxylic acids is 3. The Morgan fingerprint density at radius 2 is 2.03 bits per heavy atom. The number of thiophene rings is 1. The van der Waals surface area contributed by atoms with E-state index in [1.165, 1.54) is 18.3 Å². The Morgan fingerprint density at radius 1 is 1.23 bits per heavy atom. The van der Waals surface area contributed by atoms with E-state index >= 15 is 0 Å². The molecule has 0 fully saturated rings. The molecule has 0 spiro atoms. The molecule has 10 heteroatoms. The van der Waals surface area contributed by atoms with Crippen LogP contribution >= 0.6 is 22.9 Å². The molecule has 1 aliphatic carbocycles. The van der Waals surface area contributed by atoms with E-state index in [0.717, 1.165) is 21.3 Å². The highest BCUT2D eigenvalue weighted by Crippen LogP contribution is 2.33. The van der Waals surface area contributed by atoms with Crippen LogP contribution in [0.4, 0.5) is 4.79 Å². The van der Waals surface area contributed by atoms with Gasteiger partial charge in [-0.3, -0.25) is 9.59 Å². The van der Waals surface area contributed by atoms with Gasteiger partial charge in [0.15, 0.2) is 6.61 Å². The zero-order chi connectivity index (χ0) is 21.3. The second-order valence-electron chi connectivity index (χ2n) is 6.84. The fourth-order valence-electron chi connectivity index (χ4n) is 3.49. The number of hydrogen-bond donors (Lipinski definition) is 3. The SMILES string of the molecule is CC(=O)OCC(=O)N[C@@H]1c2ccccc2C[C@H]1NC(=O)Oc1cc2cc(Cl)sc2[nH]1. The van der Waals surface area contributed by atoms with Crippen LogP contribution in [0.5, 0.6) is 5.88 Å². The van der Waals surface area contributed by atoms with Crippen LogP contribution in [-0.4, -0.2) is 35.6 Å². The molecule has 0 saturated heterocycles. The Balaban J connectivity index is 1.44. The summed E-state index contributed by atoms with van der Waals surface area (Å²) in [5, 5.41) is 6.50. The number of amides is 2. The first-order valence-corrected chi connectivity index (χ1v) is 10.4. The van der Waals surface area contributed by atoms with Crippen molar-refractivity contribution in [3.63, 3.8) is 0 Å². The van der Waals surface area contributed by atoms with Crippen molar-refractivity contribution in [1.29, 1.82) is 0 Å². The molecule has 4 rings (SSSR count). The summed E-state index contributed by atoms with van der Waals surface area (Å²) in [5.41, 5.74) is 1.91. The van der Waals surface area contributed by atoms with E-state index in [9.17, 15) is 14.4 Å². The molecule has 2 heterocycles. The number of aromatic nitrogens is 1. The van der Waals surface area contributed by atoms with E-state index in [2.05, 4.69) is 15.6 Å². The standard InChI is InChI=1S/C20H18ClN3O5S/c1-10(25)28-9-16(26)23-18-13-5-3-2-4-11(13)6-14(18)22-20(27)29-17-8-12-7-15(21)30-19(12)24-17/h2-5,7-8,14,18,24H,6,9H2,1H3,(H,22,27)(H,23,26)/t14-,18-/m1/s1. The number of ether oxygens (including phenoxy) is 2. The van der Waals surface area contributed by atoms with Gasteiger partial charge in [-0.25, -0.2) is 4.79 Å². The molecule has 0 aliphatic heterocycles. The number of fused-ring (bicyclic) bond motifs is 2. The molecule has 3 N–H and O–H groups in total. The van der Waals surface area contributed by atoms with Crippen molar-refractivity contribution in [3.05, 3.63) is 51.9 Å². The lowest BCUT2D eigenvalue weighted by Gasteiger charge is -2.22. The lowest BCUT2D eigenvalue weighted by Crippen LogP contribution is -2.46. The highest BCUT2D eigenvalue weighted by atomic mass is 35.5. The highest BCUT2D eigenvalue weighted by Gasteiger charge is 2.35. The third-order valence-electron chi connectivity index (χ3n) is 4.72. The molecule has 30 heavy (non-hydrogen) atoms. The number of esters is 1. The first-order chi connectivity index (χ1) is 14.4. The summed E-state index contributed by atoms with van der Waals surface area (Å²) in [6.45, 7) is 0.851. The number of nitrogens with one attached hydrogen (secondary N) is 3. The van der Waals surface area contributed by atoms with Crippen LogP contribution in [0.2, 0.25) is 4.34 Å². The van der Waals surface area contributed by atoms with Crippen molar-refractivity contribution in [3.8, 4) is 5.88 Å². The molecule has 0 saturated carbocycles. The molecule has 3 aromatic rings. The second kappa shape index (κ2) is 8.37. The number of hydrogen-bond acceptors (Lipinski definition) is 6. The Morgan fingerprint density at radius 3 is 2.80 bits per heavy atom. The number of aromatic amines is 1. The van der Waals surface area contributed by atoms with Crippen LogP contribution in [0.3, 0.4) is 0 Å². The Labute approximate surface area is 180 Å². The molecule has 1 aromatic carbocycles. The summed E-state index contributed by atoms with van der Waals surface area (Å²) in [7, 11) is 0. The lowest BCUT2D eigenvalue weighted by molar-refractivity contribution is -0.146. The zero-order valence-corrected chi connectivity index (χ0v) is 17.4. The minimum absolute atomic E-state index is 0.302. The lowest BCUT2D eigenvalue weighted by atomic mass is 10.1. The summed E-state index contributed by atoms with van der Waals surface area (Å²) in [6, 6.07) is 10.2. The maximum absolute atomic E-state index is 12.5. The summed E-state index contributed by atoms with van der Waals surface area (Å²) in [4.78, 5) is 39.4. The van der Waals surface area contributed by atoms with Gasteiger partial charge in [-0.1, -0.05) is 35.9 Å². The second-order valence-corrected chi connectivity index (χ2v) is 8.52. The smallest absolute Gasteiger partial charge is 0.414 e. The average Bonchev–Trinajstić information content (AvgIpc) is 3.31. The van der Waals surface area contributed by atoms with Crippen molar-refractivity contribution in [1.82, 2.24) is 15.6 Å². The van der Waals surface area contributed by atoms with Crippen LogP contribution in [-0.2, 0) is 20.7 Å². The average molecular weight is 448 g/mol. The first-order valence-electron chi connectivity index (χ1n) is 9.16. The summed E-state index contributed by atoms with van der Waals surface area (Å²) < 4.78 is 10.8. The van der Waals surface area contributed by atoms with E-state index in [1.807, 2.05) is 24.3 Å². The Kier molecular flexibility index (Phi) is 5.65. The topological polar surface area (TPSA) is 110 Å². The Bertz CT molecular complexity index is 1090. The van der Waals surface area contributed by atoms with Gasteiger partial charge < -0.3 is 25.1 Å². The van der Waals surface area contributed by atoms with E-state index in [1.54, 1.807) is 12.1 Å². The van der Waals surface area contributed by atoms with E-state index in [-0.39, 0.29) is 6.61 Å². The molecule has 0 radical (unpaired) electrons. The zero-order valence-electron chi connectivity index (χ0n) is 15.9. The summed E-state index contributed by atoms with van der Waals surface area (Å²) in [6.07, 6.45) is -0.119. The van der Waals surface area contributed by atoms with Gasteiger partial charge in [0, 0.05) is 18.4 Å². The van der Waals surface area contributed by atoms with Gasteiger partial charge in [0.1, 0.15) is 4.83 Å². The van der Waals surface area contributed by atoms with Gasteiger partial charge in [-0.05, 0) is 23.6 Å². The number of carbonyl (C=O) groups is 3. The fraction of sp³-hybridized carbons (Fsp3) is 0.250. The van der Waals surface area contributed by atoms with Crippen LogP contribution < -0.4 is 15.4 Å². The van der Waals surface area contributed by atoms with Crippen molar-refractivity contribution in [2.75, 3.05) is 6.61 Å². The van der Waals surface area contributed by atoms with Crippen LogP contribution in [0.1, 0.15) is 24.1 Å². The van der Waals surface area contributed by atoms with Gasteiger partial charge in [0.2, 0.25) is 5.88 Å². The molecule has 2 aromatic heterocycles. The number of benzene rings is 1. The van der Waals surface area contributed by atoms with Gasteiger partial charge in [-0.15, -0.1) is 11.3 Å². The maximum atomic E-state index is 12.5. The molecular weight excluding hydrogens is 430 g/mol. The monoisotopic (exact) mass is 447 g/mol. The predicted octanol–water partition coefficient (Wildman–Crippen LogP) is 3.32. The summed E-state index contributed by atoms with van der Waals surface area (Å²) >= 11 is 7.31. The maximum Gasteiger partial charge on any atom is 0.414 e. The molecule has 156 valence electrons. The van der Waals surface area contributed by atoms with Crippen molar-refractivity contribution >= 4 is 51.1 Å². The fourth-order valence-corrected chi connectivity index (χ4v) is 4.61. The third kappa shape index (κ3) is 4.42. The largest absolute Gasteiger partial charge is 0.456 e. The molecule has 1 aliphatic rings. The Hall–Kier alpha value is -3.04. The minimum atomic E-state index is -0.646. The van der Waals surface area contributed by atoms with Gasteiger partial charge in [0.25, 0.3) is 5.91 Å². The molecule has 0 unspecified atom stereocenters. The van der Waals surface area contributed by atoms with E-state index in [4.69, 9.17) is 21.1 Å². The third-order valence-corrected chi connectivity index (χ3v) is 5.91. The molecular formula is C20H18ClN3O5S. The molecule has 8 nitrogen and oxygen atoms in total. The first kappa shape index (κ1) is 20.2. The number of halogens is 1. The normalized spacial score (nSPS) is 17.4. The van der Waals surface area contributed by atoms with Gasteiger partial charge >= 0.3 is 12.1 Å². The van der Waals surface area contributed by atoms with Crippen LogP contribution in [0, 0.1) is 0 Å². The summed E-state index contributed by atoms with van der Waals surface area (Å²) in [5.74, 6) is -0.688. The van der Waals surface area contributed by atoms with E-state index in [0.29, 0.717) is 16.6 Å². The predicted molar refractivity (Wildman–Crippen MR) is 112 cm³/mol. The van der Waals surface area contributed by atoms with Crippen LogP contribution in [0.25, 0.3) is 10.2 Å². The molecule has 2 amide bonds. The van der Waals surface area contributed by atoms with Crippen LogP contribution in [0.15, 0.2) is 36.4 Å². The molecule has 2 atom stereocenters. The van der Waals surface area contributed by atoms with E-state index < -0.39 is 30.1 Å². The highest BCUT2D eigenvalue weighted by molar-refractivity contribution is 7.22. The molecule has 0 bridgehead atoms.